The molecule has 19 heavy (non-hydrogen) atoms. The molecule has 0 spiro atoms. The first-order chi connectivity index (χ1) is 9.19. The minimum absolute atomic E-state index is 0.238. The third-order valence-corrected chi connectivity index (χ3v) is 2.62. The van der Waals surface area contributed by atoms with Crippen molar-refractivity contribution in [2.45, 2.75) is 19.3 Å². The first-order valence-electron chi connectivity index (χ1n) is 5.94. The highest BCUT2D eigenvalue weighted by molar-refractivity contribution is 5.69. The van der Waals surface area contributed by atoms with Gasteiger partial charge in [0.25, 0.3) is 0 Å². The predicted octanol–water partition coefficient (Wildman–Crippen LogP) is 1.81. The van der Waals surface area contributed by atoms with Gasteiger partial charge in [-0.15, -0.1) is 10.2 Å². The van der Waals surface area contributed by atoms with E-state index >= 15 is 0 Å². The molecule has 2 rings (SSSR count). The lowest BCUT2D eigenvalue weighted by Crippen LogP contribution is -2.00. The third kappa shape index (κ3) is 3.54. The minimum Gasteiger partial charge on any atom is -0.469 e. The van der Waals surface area contributed by atoms with Gasteiger partial charge in [0.2, 0.25) is 11.8 Å². The first-order valence-corrected chi connectivity index (χ1v) is 5.94. The van der Waals surface area contributed by atoms with E-state index in [1.54, 1.807) is 12.1 Å². The summed E-state index contributed by atoms with van der Waals surface area (Å²) in [7, 11) is 1.37. The SMILES string of the molecule is COC(=O)CCCc1nnc(-c2ccc(N)cc2)o1. The maximum Gasteiger partial charge on any atom is 0.305 e. The number of carbonyl (C=O) groups is 1. The average Bonchev–Trinajstić information content (AvgIpc) is 2.88. The Labute approximate surface area is 110 Å². The zero-order valence-electron chi connectivity index (χ0n) is 10.6. The summed E-state index contributed by atoms with van der Waals surface area (Å²) in [5.41, 5.74) is 7.11. The zero-order chi connectivity index (χ0) is 13.7. The molecule has 1 heterocycles. The smallest absolute Gasteiger partial charge is 0.305 e. The highest BCUT2D eigenvalue weighted by Crippen LogP contribution is 2.19. The Bertz CT molecular complexity index is 549. The summed E-state index contributed by atoms with van der Waals surface area (Å²) in [6.07, 6.45) is 1.52. The van der Waals surface area contributed by atoms with E-state index in [1.165, 1.54) is 7.11 Å². The monoisotopic (exact) mass is 261 g/mol. The number of ether oxygens (including phenoxy) is 1. The Morgan fingerprint density at radius 3 is 2.74 bits per heavy atom. The van der Waals surface area contributed by atoms with Gasteiger partial charge < -0.3 is 14.9 Å². The van der Waals surface area contributed by atoms with Crippen LogP contribution < -0.4 is 5.73 Å². The fourth-order valence-electron chi connectivity index (χ4n) is 1.58. The van der Waals surface area contributed by atoms with E-state index in [4.69, 9.17) is 10.2 Å². The second kappa shape index (κ2) is 5.99. The molecule has 0 saturated carbocycles. The first kappa shape index (κ1) is 13.1. The zero-order valence-corrected chi connectivity index (χ0v) is 10.6. The van der Waals surface area contributed by atoms with Crippen molar-refractivity contribution in [1.29, 1.82) is 0 Å². The molecule has 2 aromatic rings. The highest BCUT2D eigenvalue weighted by atomic mass is 16.5. The van der Waals surface area contributed by atoms with E-state index in [2.05, 4.69) is 14.9 Å². The standard InChI is InChI=1S/C13H15N3O3/c1-18-12(17)4-2-3-11-15-16-13(19-11)9-5-7-10(14)8-6-9/h5-8H,2-4,14H2,1H3. The molecule has 6 heteroatoms. The van der Waals surface area contributed by atoms with Crippen LogP contribution in [0, 0.1) is 0 Å². The molecule has 1 aromatic heterocycles. The average molecular weight is 261 g/mol. The van der Waals surface area contributed by atoms with Crippen LogP contribution in [0.5, 0.6) is 0 Å². The van der Waals surface area contributed by atoms with Crippen LogP contribution in [0.3, 0.4) is 0 Å². The van der Waals surface area contributed by atoms with E-state index in [0.717, 1.165) is 5.56 Å². The van der Waals surface area contributed by atoms with Crippen LogP contribution in [0.1, 0.15) is 18.7 Å². The van der Waals surface area contributed by atoms with Crippen LogP contribution in [-0.2, 0) is 16.0 Å². The lowest BCUT2D eigenvalue weighted by molar-refractivity contribution is -0.140. The molecule has 2 N–H and O–H groups in total. The lowest BCUT2D eigenvalue weighted by atomic mass is 10.2. The number of hydrogen-bond acceptors (Lipinski definition) is 6. The number of aryl methyl sites for hydroxylation is 1. The molecule has 0 radical (unpaired) electrons. The van der Waals surface area contributed by atoms with Crippen LogP contribution in [0.15, 0.2) is 28.7 Å². The van der Waals surface area contributed by atoms with Gasteiger partial charge in [-0.25, -0.2) is 0 Å². The van der Waals surface area contributed by atoms with Crippen molar-refractivity contribution >= 4 is 11.7 Å². The highest BCUT2D eigenvalue weighted by Gasteiger charge is 2.09. The summed E-state index contributed by atoms with van der Waals surface area (Å²) in [5, 5.41) is 7.90. The second-order valence-corrected chi connectivity index (χ2v) is 4.05. The van der Waals surface area contributed by atoms with Crippen molar-refractivity contribution in [2.75, 3.05) is 12.8 Å². The van der Waals surface area contributed by atoms with Gasteiger partial charge in [0.1, 0.15) is 0 Å². The predicted molar refractivity (Wildman–Crippen MR) is 69.1 cm³/mol. The molecule has 0 atom stereocenters. The number of anilines is 1. The normalized spacial score (nSPS) is 10.4. The van der Waals surface area contributed by atoms with Gasteiger partial charge in [0.05, 0.1) is 7.11 Å². The summed E-state index contributed by atoms with van der Waals surface area (Å²) in [6.45, 7) is 0. The summed E-state index contributed by atoms with van der Waals surface area (Å²) in [4.78, 5) is 11.0. The van der Waals surface area contributed by atoms with Crippen LogP contribution in [-0.4, -0.2) is 23.3 Å². The molecule has 0 unspecified atom stereocenters. The lowest BCUT2D eigenvalue weighted by Gasteiger charge is -1.97. The number of nitrogens with two attached hydrogens (primary N) is 1. The topological polar surface area (TPSA) is 91.2 Å². The number of nitrogens with zero attached hydrogens (tertiary/aromatic N) is 2. The number of nitrogen functional groups attached to an aromatic ring is 1. The van der Waals surface area contributed by atoms with E-state index in [1.807, 2.05) is 12.1 Å². The van der Waals surface area contributed by atoms with Crippen LogP contribution in [0.2, 0.25) is 0 Å². The van der Waals surface area contributed by atoms with Gasteiger partial charge in [-0.2, -0.15) is 0 Å². The molecule has 0 aliphatic heterocycles. The summed E-state index contributed by atoms with van der Waals surface area (Å²) < 4.78 is 10.1. The van der Waals surface area contributed by atoms with Crippen LogP contribution in [0.4, 0.5) is 5.69 Å². The minimum atomic E-state index is -0.238. The molecule has 0 amide bonds. The Hall–Kier alpha value is -2.37. The molecular formula is C13H15N3O3. The van der Waals surface area contributed by atoms with E-state index in [9.17, 15) is 4.79 Å². The van der Waals surface area contributed by atoms with Gasteiger partial charge in [-0.05, 0) is 30.7 Å². The summed E-state index contributed by atoms with van der Waals surface area (Å²) in [5.74, 6) is 0.724. The summed E-state index contributed by atoms with van der Waals surface area (Å²) in [6, 6.07) is 7.19. The van der Waals surface area contributed by atoms with Crippen molar-refractivity contribution in [1.82, 2.24) is 10.2 Å². The van der Waals surface area contributed by atoms with Crippen molar-refractivity contribution in [3.8, 4) is 11.5 Å². The molecular weight excluding hydrogens is 246 g/mol. The number of aromatic nitrogens is 2. The van der Waals surface area contributed by atoms with Crippen molar-refractivity contribution in [3.05, 3.63) is 30.2 Å². The summed E-state index contributed by atoms with van der Waals surface area (Å²) >= 11 is 0. The van der Waals surface area contributed by atoms with Crippen LogP contribution >= 0.6 is 0 Å². The molecule has 100 valence electrons. The van der Waals surface area contributed by atoms with E-state index in [-0.39, 0.29) is 5.97 Å². The van der Waals surface area contributed by atoms with Gasteiger partial charge in [-0.3, -0.25) is 4.79 Å². The van der Waals surface area contributed by atoms with Gasteiger partial charge in [0, 0.05) is 24.1 Å². The van der Waals surface area contributed by atoms with Crippen molar-refractivity contribution < 1.29 is 13.9 Å². The molecule has 6 nitrogen and oxygen atoms in total. The van der Waals surface area contributed by atoms with Crippen molar-refractivity contribution in [2.24, 2.45) is 0 Å². The Morgan fingerprint density at radius 1 is 1.32 bits per heavy atom. The number of hydrogen-bond donors (Lipinski definition) is 1. The maximum absolute atomic E-state index is 11.0. The maximum atomic E-state index is 11.0. The van der Waals surface area contributed by atoms with E-state index in [0.29, 0.717) is 36.7 Å². The number of esters is 1. The molecule has 0 bridgehead atoms. The fraction of sp³-hybridized carbons (Fsp3) is 0.308. The van der Waals surface area contributed by atoms with E-state index < -0.39 is 0 Å². The number of rotatable bonds is 5. The van der Waals surface area contributed by atoms with Gasteiger partial charge in [-0.1, -0.05) is 0 Å². The molecule has 0 aliphatic rings. The van der Waals surface area contributed by atoms with Gasteiger partial charge in [0.15, 0.2) is 0 Å². The van der Waals surface area contributed by atoms with Crippen molar-refractivity contribution in [3.63, 3.8) is 0 Å². The number of methoxy groups -OCH3 is 1. The molecule has 1 aromatic carbocycles. The largest absolute Gasteiger partial charge is 0.469 e. The van der Waals surface area contributed by atoms with Crippen LogP contribution in [0.25, 0.3) is 11.5 Å². The fourth-order valence-corrected chi connectivity index (χ4v) is 1.58. The molecule has 0 fully saturated rings. The Kier molecular flexibility index (Phi) is 4.12. The molecule has 0 aliphatic carbocycles. The molecule has 0 saturated heterocycles. The quantitative estimate of drug-likeness (QED) is 0.652. The Morgan fingerprint density at radius 2 is 2.05 bits per heavy atom. The Balaban J connectivity index is 1.95. The second-order valence-electron chi connectivity index (χ2n) is 4.05. The van der Waals surface area contributed by atoms with Gasteiger partial charge >= 0.3 is 5.97 Å². The number of benzene rings is 1. The third-order valence-electron chi connectivity index (χ3n) is 2.62. The number of carbonyl (C=O) groups excluding carboxylic acids is 1.